The van der Waals surface area contributed by atoms with E-state index >= 15 is 0 Å². The summed E-state index contributed by atoms with van der Waals surface area (Å²) in [6.45, 7) is 8.19. The molecule has 0 saturated carbocycles. The second kappa shape index (κ2) is 13.3. The number of carboxylic acid groups (broad SMARTS) is 2. The molecule has 1 unspecified atom stereocenters. The van der Waals surface area contributed by atoms with Gasteiger partial charge in [0, 0.05) is 6.04 Å². The molecule has 2 rings (SSSR count). The number of ether oxygens (including phenoxy) is 2. The van der Waals surface area contributed by atoms with Gasteiger partial charge < -0.3 is 25.0 Å². The van der Waals surface area contributed by atoms with Crippen LogP contribution in [0.3, 0.4) is 0 Å². The minimum atomic E-state index is -1.82. The largest absolute Gasteiger partial charge is 0.492 e. The van der Waals surface area contributed by atoms with Crippen LogP contribution >= 0.6 is 0 Å². The lowest BCUT2D eigenvalue weighted by Crippen LogP contribution is -2.42. The summed E-state index contributed by atoms with van der Waals surface area (Å²) >= 11 is 0. The van der Waals surface area contributed by atoms with Gasteiger partial charge in [0.2, 0.25) is 0 Å². The zero-order valence-electron chi connectivity index (χ0n) is 17.0. The van der Waals surface area contributed by atoms with Crippen LogP contribution in [0.25, 0.3) is 0 Å². The Morgan fingerprint density at radius 2 is 1.52 bits per heavy atom. The van der Waals surface area contributed by atoms with E-state index in [2.05, 4.69) is 50.4 Å². The molecular weight excluding hydrogens is 374 g/mol. The van der Waals surface area contributed by atoms with Crippen molar-refractivity contribution in [3.05, 3.63) is 65.7 Å². The first-order valence-corrected chi connectivity index (χ1v) is 9.31. The summed E-state index contributed by atoms with van der Waals surface area (Å²) in [5.41, 5.74) is 2.43. The smallest absolute Gasteiger partial charge is 0.414 e. The number of aryl methyl sites for hydroxylation is 1. The number of hydrogen-bond acceptors (Lipinski definition) is 5. The van der Waals surface area contributed by atoms with Gasteiger partial charge in [-0.2, -0.15) is 0 Å². The van der Waals surface area contributed by atoms with Crippen LogP contribution in [0.4, 0.5) is 0 Å². The molecule has 2 aromatic rings. The fraction of sp³-hybridized carbons (Fsp3) is 0.364. The Morgan fingerprint density at radius 3 is 2.03 bits per heavy atom. The molecular formula is C22H29NO6. The standard InChI is InChI=1S/C20H27NO2.C2H2O4/c1-16(2)21-19(14-22-13-18-7-5-4-6-8-18)15-23-20-11-9-17(3)10-12-20;3-1(4)2(5)6/h4-12,16,19,21H,13-15H2,1-3H3;(H,3,4)(H,5,6). The predicted molar refractivity (Wildman–Crippen MR) is 110 cm³/mol. The topological polar surface area (TPSA) is 105 Å². The van der Waals surface area contributed by atoms with Crippen LogP contribution in [0.2, 0.25) is 0 Å². The fourth-order valence-corrected chi connectivity index (χ4v) is 2.34. The highest BCUT2D eigenvalue weighted by molar-refractivity contribution is 6.27. The SMILES string of the molecule is Cc1ccc(OCC(COCc2ccccc2)NC(C)C)cc1.O=C(O)C(=O)O. The van der Waals surface area contributed by atoms with Gasteiger partial charge in [-0.1, -0.05) is 61.9 Å². The van der Waals surface area contributed by atoms with E-state index in [9.17, 15) is 0 Å². The van der Waals surface area contributed by atoms with Gasteiger partial charge in [-0.05, 0) is 24.6 Å². The number of benzene rings is 2. The number of hydrogen-bond donors (Lipinski definition) is 3. The molecule has 0 aliphatic heterocycles. The van der Waals surface area contributed by atoms with Gasteiger partial charge in [-0.3, -0.25) is 0 Å². The van der Waals surface area contributed by atoms with Gasteiger partial charge >= 0.3 is 11.9 Å². The summed E-state index contributed by atoms with van der Waals surface area (Å²) in [6.07, 6.45) is 0. The lowest BCUT2D eigenvalue weighted by Gasteiger charge is -2.22. The highest BCUT2D eigenvalue weighted by Crippen LogP contribution is 2.12. The summed E-state index contributed by atoms with van der Waals surface area (Å²) in [4.78, 5) is 18.2. The van der Waals surface area contributed by atoms with Crippen LogP contribution in [0, 0.1) is 6.92 Å². The zero-order chi connectivity index (χ0) is 21.6. The minimum Gasteiger partial charge on any atom is -0.492 e. The summed E-state index contributed by atoms with van der Waals surface area (Å²) in [5, 5.41) is 18.3. The second-order valence-electron chi connectivity index (χ2n) is 6.75. The lowest BCUT2D eigenvalue weighted by molar-refractivity contribution is -0.159. The van der Waals surface area contributed by atoms with E-state index in [0.717, 1.165) is 5.75 Å². The normalized spacial score (nSPS) is 11.3. The molecule has 2 aromatic carbocycles. The van der Waals surface area contributed by atoms with E-state index in [4.69, 9.17) is 29.3 Å². The average molecular weight is 403 g/mol. The molecule has 0 bridgehead atoms. The van der Waals surface area contributed by atoms with Crippen molar-refractivity contribution in [2.45, 2.75) is 39.5 Å². The van der Waals surface area contributed by atoms with Crippen LogP contribution < -0.4 is 10.1 Å². The lowest BCUT2D eigenvalue weighted by atomic mass is 10.2. The van der Waals surface area contributed by atoms with Crippen LogP contribution in [0.15, 0.2) is 54.6 Å². The van der Waals surface area contributed by atoms with E-state index < -0.39 is 11.9 Å². The maximum atomic E-state index is 9.10. The Hall–Kier alpha value is -2.90. The first kappa shape index (κ1) is 24.1. The van der Waals surface area contributed by atoms with Crippen LogP contribution in [-0.2, 0) is 20.9 Å². The molecule has 0 aromatic heterocycles. The maximum absolute atomic E-state index is 9.10. The van der Waals surface area contributed by atoms with Gasteiger partial charge in [-0.25, -0.2) is 9.59 Å². The minimum absolute atomic E-state index is 0.167. The summed E-state index contributed by atoms with van der Waals surface area (Å²) in [5.74, 6) is -2.75. The van der Waals surface area contributed by atoms with Gasteiger partial charge in [0.05, 0.1) is 19.3 Å². The maximum Gasteiger partial charge on any atom is 0.414 e. The second-order valence-corrected chi connectivity index (χ2v) is 6.75. The third-order valence-corrected chi connectivity index (χ3v) is 3.65. The molecule has 1 atom stereocenters. The molecule has 0 aliphatic rings. The number of aliphatic carboxylic acids is 2. The summed E-state index contributed by atoms with van der Waals surface area (Å²) in [7, 11) is 0. The third kappa shape index (κ3) is 11.5. The van der Waals surface area contributed by atoms with Crippen molar-refractivity contribution < 1.29 is 29.3 Å². The van der Waals surface area contributed by atoms with Crippen molar-refractivity contribution in [2.24, 2.45) is 0 Å². The molecule has 0 heterocycles. The highest BCUT2D eigenvalue weighted by atomic mass is 16.5. The van der Waals surface area contributed by atoms with Gasteiger partial charge in [0.15, 0.2) is 0 Å². The number of carbonyl (C=O) groups is 2. The van der Waals surface area contributed by atoms with Crippen molar-refractivity contribution in [1.29, 1.82) is 0 Å². The third-order valence-electron chi connectivity index (χ3n) is 3.65. The monoisotopic (exact) mass is 403 g/mol. The molecule has 0 radical (unpaired) electrons. The molecule has 0 spiro atoms. The predicted octanol–water partition coefficient (Wildman–Crippen LogP) is 3.11. The van der Waals surface area contributed by atoms with Gasteiger partial charge in [0.1, 0.15) is 12.4 Å². The molecule has 0 amide bonds. The van der Waals surface area contributed by atoms with Crippen LogP contribution in [0.5, 0.6) is 5.75 Å². The zero-order valence-corrected chi connectivity index (χ0v) is 17.0. The molecule has 158 valence electrons. The Bertz CT molecular complexity index is 719. The van der Waals surface area contributed by atoms with E-state index in [1.807, 2.05) is 30.3 Å². The number of carboxylic acids is 2. The molecule has 29 heavy (non-hydrogen) atoms. The molecule has 7 heteroatoms. The first-order valence-electron chi connectivity index (χ1n) is 9.31. The van der Waals surface area contributed by atoms with E-state index in [0.29, 0.717) is 25.9 Å². The highest BCUT2D eigenvalue weighted by Gasteiger charge is 2.11. The molecule has 0 aliphatic carbocycles. The quantitative estimate of drug-likeness (QED) is 0.553. The Morgan fingerprint density at radius 1 is 0.931 bits per heavy atom. The van der Waals surface area contributed by atoms with Crippen molar-refractivity contribution in [2.75, 3.05) is 13.2 Å². The van der Waals surface area contributed by atoms with E-state index in [1.54, 1.807) is 0 Å². The van der Waals surface area contributed by atoms with Gasteiger partial charge in [-0.15, -0.1) is 0 Å². The van der Waals surface area contributed by atoms with E-state index in [1.165, 1.54) is 11.1 Å². The van der Waals surface area contributed by atoms with Crippen molar-refractivity contribution in [1.82, 2.24) is 5.32 Å². The van der Waals surface area contributed by atoms with Crippen molar-refractivity contribution >= 4 is 11.9 Å². The van der Waals surface area contributed by atoms with E-state index in [-0.39, 0.29) is 6.04 Å². The molecule has 7 nitrogen and oxygen atoms in total. The van der Waals surface area contributed by atoms with Gasteiger partial charge in [0.25, 0.3) is 0 Å². The molecule has 3 N–H and O–H groups in total. The molecule has 0 saturated heterocycles. The Kier molecular flexibility index (Phi) is 11.1. The first-order chi connectivity index (χ1) is 13.8. The van der Waals surface area contributed by atoms with Crippen molar-refractivity contribution in [3.63, 3.8) is 0 Å². The Labute approximate surface area is 171 Å². The fourth-order valence-electron chi connectivity index (χ4n) is 2.34. The van der Waals surface area contributed by atoms with Crippen LogP contribution in [0.1, 0.15) is 25.0 Å². The van der Waals surface area contributed by atoms with Crippen molar-refractivity contribution in [3.8, 4) is 5.75 Å². The Balaban J connectivity index is 0.000000612. The van der Waals surface area contributed by atoms with Crippen LogP contribution in [-0.4, -0.2) is 47.4 Å². The number of nitrogens with one attached hydrogen (secondary N) is 1. The summed E-state index contributed by atoms with van der Waals surface area (Å²) < 4.78 is 11.7. The molecule has 0 fully saturated rings. The average Bonchev–Trinajstić information content (AvgIpc) is 2.68. The number of rotatable bonds is 9. The summed E-state index contributed by atoms with van der Waals surface area (Å²) in [6, 6.07) is 18.9.